The Labute approximate surface area is 112 Å². The minimum absolute atomic E-state index is 0.0449. The van der Waals surface area contributed by atoms with Crippen molar-refractivity contribution in [3.8, 4) is 0 Å². The molecule has 0 aliphatic rings. The summed E-state index contributed by atoms with van der Waals surface area (Å²) in [5.74, 6) is -0.583. The van der Waals surface area contributed by atoms with Gasteiger partial charge in [-0.15, -0.1) is 0 Å². The molecule has 8 heteroatoms. The fourth-order valence-corrected chi connectivity index (χ4v) is 2.33. The summed E-state index contributed by atoms with van der Waals surface area (Å²) in [6, 6.07) is 3.15. The number of hydrogen-bond acceptors (Lipinski definition) is 6. The number of methoxy groups -OCH3 is 1. The zero-order chi connectivity index (χ0) is 14.3. The number of pyridine rings is 1. The maximum Gasteiger partial charge on any atom is 0.356 e. The third-order valence-corrected chi connectivity index (χ3v) is 3.69. The summed E-state index contributed by atoms with van der Waals surface area (Å²) in [5, 5.41) is 2.91. The van der Waals surface area contributed by atoms with Crippen LogP contribution >= 0.6 is 0 Å². The molecule has 106 valence electrons. The lowest BCUT2D eigenvalue weighted by Gasteiger charge is -2.08. The molecule has 0 saturated heterocycles. The van der Waals surface area contributed by atoms with E-state index in [0.29, 0.717) is 12.2 Å². The van der Waals surface area contributed by atoms with Crippen LogP contribution in [-0.2, 0) is 14.8 Å². The van der Waals surface area contributed by atoms with Crippen molar-refractivity contribution in [3.05, 3.63) is 24.0 Å². The third kappa shape index (κ3) is 5.23. The van der Waals surface area contributed by atoms with Gasteiger partial charge < -0.3 is 10.1 Å². The lowest BCUT2D eigenvalue weighted by molar-refractivity contribution is 0.0594. The molecule has 1 rings (SSSR count). The number of nitrogens with one attached hydrogen (secondary N) is 2. The molecule has 0 saturated carbocycles. The number of carbonyl (C=O) groups excluding carboxylic acids is 1. The van der Waals surface area contributed by atoms with Gasteiger partial charge in [-0.2, -0.15) is 0 Å². The molecule has 0 atom stereocenters. The summed E-state index contributed by atoms with van der Waals surface area (Å²) in [7, 11) is -1.98. The van der Waals surface area contributed by atoms with Gasteiger partial charge >= 0.3 is 5.97 Å². The Bertz CT molecular complexity index is 530. The summed E-state index contributed by atoms with van der Waals surface area (Å²) < 4.78 is 29.7. The van der Waals surface area contributed by atoms with Crippen LogP contribution in [-0.4, -0.2) is 45.3 Å². The van der Waals surface area contributed by atoms with E-state index in [1.165, 1.54) is 19.4 Å². The number of anilines is 1. The smallest absolute Gasteiger partial charge is 0.356 e. The lowest BCUT2D eigenvalue weighted by Crippen LogP contribution is -2.29. The number of ether oxygens (including phenoxy) is 1. The molecule has 0 bridgehead atoms. The minimum atomic E-state index is -3.25. The molecule has 7 nitrogen and oxygen atoms in total. The molecule has 0 radical (unpaired) electrons. The van der Waals surface area contributed by atoms with Gasteiger partial charge in [-0.1, -0.05) is 6.92 Å². The average Bonchev–Trinajstić information content (AvgIpc) is 2.38. The standard InChI is InChI=1S/C11H17N3O4S/c1-3-14-19(16,17)7-6-12-9-4-5-13-10(8-9)11(15)18-2/h4-5,8,14H,3,6-7H2,1-2H3,(H,12,13). The number of carbonyl (C=O) groups is 1. The summed E-state index contributed by atoms with van der Waals surface area (Å²) in [4.78, 5) is 15.1. The van der Waals surface area contributed by atoms with Crippen LogP contribution in [0.1, 0.15) is 17.4 Å². The number of nitrogens with zero attached hydrogens (tertiary/aromatic N) is 1. The summed E-state index contributed by atoms with van der Waals surface area (Å²) in [5.41, 5.74) is 0.782. The first kappa shape index (κ1) is 15.4. The molecule has 19 heavy (non-hydrogen) atoms. The molecule has 1 aromatic heterocycles. The molecule has 0 aliphatic carbocycles. The van der Waals surface area contributed by atoms with Gasteiger partial charge in [-0.05, 0) is 12.1 Å². The first-order valence-electron chi connectivity index (χ1n) is 5.74. The second-order valence-corrected chi connectivity index (χ2v) is 5.59. The number of rotatable bonds is 7. The summed E-state index contributed by atoms with van der Waals surface area (Å²) in [6.07, 6.45) is 1.45. The van der Waals surface area contributed by atoms with E-state index in [9.17, 15) is 13.2 Å². The van der Waals surface area contributed by atoms with Crippen LogP contribution in [0.15, 0.2) is 18.3 Å². The van der Waals surface area contributed by atoms with Gasteiger partial charge in [0.2, 0.25) is 10.0 Å². The number of sulfonamides is 1. The predicted octanol–water partition coefficient (Wildman–Crippen LogP) is 0.219. The van der Waals surface area contributed by atoms with Crippen molar-refractivity contribution in [1.29, 1.82) is 0 Å². The van der Waals surface area contributed by atoms with Gasteiger partial charge in [0, 0.05) is 25.0 Å². The Hall–Kier alpha value is -1.67. The van der Waals surface area contributed by atoms with Crippen LogP contribution in [0.25, 0.3) is 0 Å². The minimum Gasteiger partial charge on any atom is -0.464 e. The molecule has 1 heterocycles. The SMILES string of the molecule is CCNS(=O)(=O)CCNc1ccnc(C(=O)OC)c1. The van der Waals surface area contributed by atoms with Crippen molar-refractivity contribution in [2.45, 2.75) is 6.92 Å². The summed E-state index contributed by atoms with van der Waals surface area (Å²) >= 11 is 0. The second-order valence-electron chi connectivity index (χ2n) is 3.66. The maximum atomic E-state index is 11.4. The lowest BCUT2D eigenvalue weighted by atomic mass is 10.3. The fraction of sp³-hybridized carbons (Fsp3) is 0.455. The van der Waals surface area contributed by atoms with Gasteiger partial charge in [0.25, 0.3) is 0 Å². The monoisotopic (exact) mass is 287 g/mol. The Morgan fingerprint density at radius 1 is 1.47 bits per heavy atom. The average molecular weight is 287 g/mol. The van der Waals surface area contributed by atoms with Crippen LogP contribution in [0.4, 0.5) is 5.69 Å². The highest BCUT2D eigenvalue weighted by Crippen LogP contribution is 2.08. The van der Waals surface area contributed by atoms with E-state index in [1.54, 1.807) is 13.0 Å². The first-order chi connectivity index (χ1) is 8.98. The molecule has 0 fully saturated rings. The van der Waals surface area contributed by atoms with Gasteiger partial charge in [0.1, 0.15) is 5.69 Å². The van der Waals surface area contributed by atoms with Gasteiger partial charge in [0.05, 0.1) is 12.9 Å². The molecule has 0 amide bonds. The van der Waals surface area contributed by atoms with E-state index in [2.05, 4.69) is 19.8 Å². The molecule has 0 aliphatic heterocycles. The van der Waals surface area contributed by atoms with Crippen molar-refractivity contribution in [2.75, 3.05) is 31.3 Å². The normalized spacial score (nSPS) is 11.1. The van der Waals surface area contributed by atoms with Crippen LogP contribution in [0.5, 0.6) is 0 Å². The Kier molecular flexibility index (Phi) is 5.71. The molecule has 2 N–H and O–H groups in total. The van der Waals surface area contributed by atoms with E-state index in [1.807, 2.05) is 0 Å². The van der Waals surface area contributed by atoms with Crippen LogP contribution < -0.4 is 10.0 Å². The van der Waals surface area contributed by atoms with Gasteiger partial charge in [-0.3, -0.25) is 0 Å². The van der Waals surface area contributed by atoms with Crippen molar-refractivity contribution >= 4 is 21.7 Å². The van der Waals surface area contributed by atoms with E-state index >= 15 is 0 Å². The van der Waals surface area contributed by atoms with E-state index in [4.69, 9.17) is 0 Å². The topological polar surface area (TPSA) is 97.4 Å². The molecule has 0 unspecified atom stereocenters. The number of aromatic nitrogens is 1. The van der Waals surface area contributed by atoms with E-state index in [0.717, 1.165) is 0 Å². The van der Waals surface area contributed by atoms with E-state index < -0.39 is 16.0 Å². The molecule has 1 aromatic rings. The van der Waals surface area contributed by atoms with Crippen molar-refractivity contribution in [1.82, 2.24) is 9.71 Å². The number of esters is 1. The van der Waals surface area contributed by atoms with Crippen LogP contribution in [0.2, 0.25) is 0 Å². The predicted molar refractivity (Wildman–Crippen MR) is 71.5 cm³/mol. The maximum absolute atomic E-state index is 11.4. The zero-order valence-electron chi connectivity index (χ0n) is 10.8. The van der Waals surface area contributed by atoms with E-state index in [-0.39, 0.29) is 18.0 Å². The fourth-order valence-electron chi connectivity index (χ4n) is 1.38. The van der Waals surface area contributed by atoms with Gasteiger partial charge in [0.15, 0.2) is 0 Å². The Morgan fingerprint density at radius 3 is 2.84 bits per heavy atom. The highest BCUT2D eigenvalue weighted by molar-refractivity contribution is 7.89. The van der Waals surface area contributed by atoms with Crippen molar-refractivity contribution < 1.29 is 17.9 Å². The van der Waals surface area contributed by atoms with Gasteiger partial charge in [-0.25, -0.2) is 22.9 Å². The van der Waals surface area contributed by atoms with Crippen molar-refractivity contribution in [2.24, 2.45) is 0 Å². The van der Waals surface area contributed by atoms with Crippen LogP contribution in [0, 0.1) is 0 Å². The quantitative estimate of drug-likeness (QED) is 0.696. The third-order valence-electron chi connectivity index (χ3n) is 2.22. The van der Waals surface area contributed by atoms with Crippen molar-refractivity contribution in [3.63, 3.8) is 0 Å². The first-order valence-corrected chi connectivity index (χ1v) is 7.39. The van der Waals surface area contributed by atoms with Crippen LogP contribution in [0.3, 0.4) is 0 Å². The molecule has 0 spiro atoms. The highest BCUT2D eigenvalue weighted by atomic mass is 32.2. The largest absolute Gasteiger partial charge is 0.464 e. The number of hydrogen-bond donors (Lipinski definition) is 2. The zero-order valence-corrected chi connectivity index (χ0v) is 11.7. The Balaban J connectivity index is 2.57. The summed E-state index contributed by atoms with van der Waals surface area (Å²) in [6.45, 7) is 2.32. The Morgan fingerprint density at radius 2 is 2.21 bits per heavy atom. The second kappa shape index (κ2) is 7.05. The molecular weight excluding hydrogens is 270 g/mol. The molecular formula is C11H17N3O4S. The molecule has 0 aromatic carbocycles. The highest BCUT2D eigenvalue weighted by Gasteiger charge is 2.09.